The maximum absolute atomic E-state index is 12.4. The molecule has 0 saturated carbocycles. The van der Waals surface area contributed by atoms with E-state index < -0.39 is 16.0 Å². The molecule has 0 spiro atoms. The van der Waals surface area contributed by atoms with Crippen LogP contribution in [0.1, 0.15) is 15.9 Å². The molecule has 0 fully saturated rings. The predicted molar refractivity (Wildman–Crippen MR) is 99.7 cm³/mol. The van der Waals surface area contributed by atoms with E-state index in [9.17, 15) is 13.2 Å². The van der Waals surface area contributed by atoms with E-state index in [-0.39, 0.29) is 23.6 Å². The van der Waals surface area contributed by atoms with Crippen LogP contribution in [0.2, 0.25) is 10.0 Å². The van der Waals surface area contributed by atoms with Gasteiger partial charge in [-0.1, -0.05) is 29.3 Å². The molecule has 0 atom stereocenters. The molecule has 0 heterocycles. The fraction of sp³-hybridized carbons (Fsp3) is 0.235. The molecule has 0 radical (unpaired) electrons. The van der Waals surface area contributed by atoms with Crippen LogP contribution in [0.15, 0.2) is 41.3 Å². The number of nitrogens with one attached hydrogen (secondary N) is 1. The third kappa shape index (κ3) is 5.35. The highest BCUT2D eigenvalue weighted by molar-refractivity contribution is 7.89. The van der Waals surface area contributed by atoms with Crippen LogP contribution in [0.3, 0.4) is 0 Å². The molecule has 140 valence electrons. The smallest absolute Gasteiger partial charge is 0.338 e. The molecule has 2 aromatic carbocycles. The highest BCUT2D eigenvalue weighted by Crippen LogP contribution is 2.24. The summed E-state index contributed by atoms with van der Waals surface area (Å²) in [6, 6.07) is 8.96. The normalized spacial score (nSPS) is 11.2. The van der Waals surface area contributed by atoms with Crippen molar-refractivity contribution in [1.82, 2.24) is 4.72 Å². The van der Waals surface area contributed by atoms with E-state index in [0.717, 1.165) is 0 Å². The number of methoxy groups -OCH3 is 1. The summed E-state index contributed by atoms with van der Waals surface area (Å²) in [7, 11) is -2.57. The van der Waals surface area contributed by atoms with Gasteiger partial charge in [-0.25, -0.2) is 17.9 Å². The van der Waals surface area contributed by atoms with E-state index in [2.05, 4.69) is 9.46 Å². The fourth-order valence-electron chi connectivity index (χ4n) is 2.14. The Morgan fingerprint density at radius 3 is 2.38 bits per heavy atom. The van der Waals surface area contributed by atoms with Crippen LogP contribution in [0.5, 0.6) is 5.75 Å². The van der Waals surface area contributed by atoms with Gasteiger partial charge in [-0.3, -0.25) is 0 Å². The third-order valence-electron chi connectivity index (χ3n) is 3.42. The quantitative estimate of drug-likeness (QED) is 0.550. The van der Waals surface area contributed by atoms with E-state index >= 15 is 0 Å². The van der Waals surface area contributed by atoms with Gasteiger partial charge in [0.1, 0.15) is 12.4 Å². The van der Waals surface area contributed by atoms with Gasteiger partial charge in [0.2, 0.25) is 10.0 Å². The summed E-state index contributed by atoms with van der Waals surface area (Å²) < 4.78 is 37.2. The number of halogens is 2. The molecule has 1 N–H and O–H groups in total. The molecule has 2 rings (SSSR count). The molecular weight excluding hydrogens is 401 g/mol. The van der Waals surface area contributed by atoms with Gasteiger partial charge in [-0.15, -0.1) is 0 Å². The van der Waals surface area contributed by atoms with Crippen LogP contribution in [0.25, 0.3) is 0 Å². The van der Waals surface area contributed by atoms with E-state index in [0.29, 0.717) is 21.4 Å². The van der Waals surface area contributed by atoms with Crippen LogP contribution in [-0.4, -0.2) is 34.6 Å². The van der Waals surface area contributed by atoms with Crippen molar-refractivity contribution in [3.05, 3.63) is 57.6 Å². The first-order valence-electron chi connectivity index (χ1n) is 7.50. The molecule has 9 heteroatoms. The minimum absolute atomic E-state index is 0.0217. The lowest BCUT2D eigenvalue weighted by Gasteiger charge is -2.11. The zero-order valence-corrected chi connectivity index (χ0v) is 16.4. The average Bonchev–Trinajstić information content (AvgIpc) is 2.57. The zero-order valence-electron chi connectivity index (χ0n) is 14.1. The first-order chi connectivity index (χ1) is 12.2. The molecule has 0 aliphatic rings. The van der Waals surface area contributed by atoms with E-state index in [1.54, 1.807) is 31.2 Å². The Morgan fingerprint density at radius 1 is 1.12 bits per heavy atom. The Hall–Kier alpha value is -1.80. The summed E-state index contributed by atoms with van der Waals surface area (Å²) in [6.07, 6.45) is 0. The van der Waals surface area contributed by atoms with Crippen molar-refractivity contribution in [2.24, 2.45) is 0 Å². The Balaban J connectivity index is 2.01. The lowest BCUT2D eigenvalue weighted by atomic mass is 10.1. The first-order valence-corrected chi connectivity index (χ1v) is 9.74. The van der Waals surface area contributed by atoms with Crippen molar-refractivity contribution in [1.29, 1.82) is 0 Å². The largest absolute Gasteiger partial charge is 0.492 e. The van der Waals surface area contributed by atoms with Crippen LogP contribution in [0, 0.1) is 6.92 Å². The summed E-state index contributed by atoms with van der Waals surface area (Å²) in [6.45, 7) is 1.79. The summed E-state index contributed by atoms with van der Waals surface area (Å²) >= 11 is 11.7. The second kappa shape index (κ2) is 8.73. The highest BCUT2D eigenvalue weighted by Gasteiger charge is 2.18. The Kier molecular flexibility index (Phi) is 6.88. The number of esters is 1. The second-order valence-corrected chi connectivity index (χ2v) is 7.96. The summed E-state index contributed by atoms with van der Waals surface area (Å²) in [4.78, 5) is 11.7. The van der Waals surface area contributed by atoms with E-state index in [4.69, 9.17) is 27.9 Å². The number of carbonyl (C=O) groups is 1. The maximum Gasteiger partial charge on any atom is 0.338 e. The van der Waals surface area contributed by atoms with Gasteiger partial charge in [0.25, 0.3) is 0 Å². The first kappa shape index (κ1) is 20.5. The predicted octanol–water partition coefficient (Wildman–Crippen LogP) is 3.45. The molecular formula is C17H17Cl2NO5S. The van der Waals surface area contributed by atoms with Crippen molar-refractivity contribution in [3.63, 3.8) is 0 Å². The van der Waals surface area contributed by atoms with Gasteiger partial charge < -0.3 is 9.47 Å². The molecule has 0 unspecified atom stereocenters. The number of ether oxygens (including phenoxy) is 2. The molecule has 0 amide bonds. The molecule has 2 aromatic rings. The number of aryl methyl sites for hydroxylation is 1. The van der Waals surface area contributed by atoms with Crippen molar-refractivity contribution in [3.8, 4) is 5.75 Å². The molecule has 0 aliphatic carbocycles. The monoisotopic (exact) mass is 417 g/mol. The van der Waals surface area contributed by atoms with Gasteiger partial charge in [0.05, 0.1) is 17.6 Å². The summed E-state index contributed by atoms with van der Waals surface area (Å²) in [5.41, 5.74) is 0.817. The van der Waals surface area contributed by atoms with Crippen LogP contribution < -0.4 is 9.46 Å². The van der Waals surface area contributed by atoms with Gasteiger partial charge in [-0.05, 0) is 42.8 Å². The topological polar surface area (TPSA) is 81.7 Å². The van der Waals surface area contributed by atoms with Crippen molar-refractivity contribution in [2.45, 2.75) is 11.8 Å². The molecule has 0 bridgehead atoms. The lowest BCUT2D eigenvalue weighted by molar-refractivity contribution is 0.0599. The van der Waals surface area contributed by atoms with Crippen LogP contribution in [0.4, 0.5) is 0 Å². The lowest BCUT2D eigenvalue weighted by Crippen LogP contribution is -2.28. The number of carbonyl (C=O) groups excluding carboxylic acids is 1. The molecule has 0 saturated heterocycles. The number of rotatable bonds is 7. The Morgan fingerprint density at radius 2 is 1.77 bits per heavy atom. The Labute approximate surface area is 162 Å². The van der Waals surface area contributed by atoms with Crippen LogP contribution >= 0.6 is 23.2 Å². The van der Waals surface area contributed by atoms with Gasteiger partial charge >= 0.3 is 5.97 Å². The minimum Gasteiger partial charge on any atom is -0.492 e. The van der Waals surface area contributed by atoms with Gasteiger partial charge in [0, 0.05) is 16.6 Å². The van der Waals surface area contributed by atoms with E-state index in [1.807, 2.05) is 0 Å². The molecule has 0 aromatic heterocycles. The average molecular weight is 418 g/mol. The van der Waals surface area contributed by atoms with Crippen molar-refractivity contribution in [2.75, 3.05) is 20.3 Å². The minimum atomic E-state index is -3.80. The fourth-order valence-corrected chi connectivity index (χ4v) is 3.68. The highest BCUT2D eigenvalue weighted by atomic mass is 35.5. The van der Waals surface area contributed by atoms with Crippen LogP contribution in [-0.2, 0) is 14.8 Å². The maximum atomic E-state index is 12.4. The third-order valence-corrected chi connectivity index (χ3v) is 5.32. The second-order valence-electron chi connectivity index (χ2n) is 5.32. The standard InChI is InChI=1S/C17H17Cl2NO5S/c1-11-3-4-15(10-16(11)17(21)24-2)26(22,23)20-5-6-25-14-8-12(18)7-13(19)9-14/h3-4,7-10,20H,5-6H2,1-2H3. The summed E-state index contributed by atoms with van der Waals surface area (Å²) in [5, 5.41) is 0.839. The number of sulfonamides is 1. The van der Waals surface area contributed by atoms with Crippen molar-refractivity contribution < 1.29 is 22.7 Å². The molecule has 0 aliphatic heterocycles. The summed E-state index contributed by atoms with van der Waals surface area (Å²) in [5.74, 6) is -0.161. The molecule has 6 nitrogen and oxygen atoms in total. The zero-order chi connectivity index (χ0) is 19.3. The molecule has 26 heavy (non-hydrogen) atoms. The van der Waals surface area contributed by atoms with Gasteiger partial charge in [-0.2, -0.15) is 0 Å². The number of hydrogen-bond donors (Lipinski definition) is 1. The number of hydrogen-bond acceptors (Lipinski definition) is 5. The van der Waals surface area contributed by atoms with Gasteiger partial charge in [0.15, 0.2) is 0 Å². The van der Waals surface area contributed by atoms with E-state index in [1.165, 1.54) is 19.2 Å². The SMILES string of the molecule is COC(=O)c1cc(S(=O)(=O)NCCOc2cc(Cl)cc(Cl)c2)ccc1C. The van der Waals surface area contributed by atoms with Crippen molar-refractivity contribution >= 4 is 39.2 Å². The number of benzene rings is 2. The Bertz CT molecular complexity index is 895.